The van der Waals surface area contributed by atoms with E-state index in [4.69, 9.17) is 0 Å². The average molecular weight is 310 g/mol. The van der Waals surface area contributed by atoms with E-state index in [1.165, 1.54) is 44.2 Å². The van der Waals surface area contributed by atoms with E-state index >= 15 is 0 Å². The fourth-order valence-electron chi connectivity index (χ4n) is 2.82. The van der Waals surface area contributed by atoms with Gasteiger partial charge in [-0.25, -0.2) is 4.39 Å². The summed E-state index contributed by atoms with van der Waals surface area (Å²) in [5.74, 6) is -0.475. The van der Waals surface area contributed by atoms with E-state index in [0.29, 0.717) is 5.69 Å². The maximum atomic E-state index is 13.0. The Balaban J connectivity index is 1.76. The molecule has 0 unspecified atom stereocenters. The Morgan fingerprint density at radius 1 is 1.33 bits per heavy atom. The van der Waals surface area contributed by atoms with Crippen molar-refractivity contribution in [3.8, 4) is 0 Å². The first-order valence-corrected chi connectivity index (χ1v) is 8.67. The highest BCUT2D eigenvalue weighted by atomic mass is 32.2. The lowest BCUT2D eigenvalue weighted by atomic mass is 9.88. The number of hydrogen-bond donors (Lipinski definition) is 2. The van der Waals surface area contributed by atoms with Gasteiger partial charge in [-0.15, -0.1) is 0 Å². The van der Waals surface area contributed by atoms with E-state index in [9.17, 15) is 9.18 Å². The second-order valence-corrected chi connectivity index (χ2v) is 6.88. The van der Waals surface area contributed by atoms with Crippen molar-refractivity contribution >= 4 is 23.4 Å². The summed E-state index contributed by atoms with van der Waals surface area (Å²) in [5.41, 5.74) is 0.499. The molecule has 0 heterocycles. The van der Waals surface area contributed by atoms with E-state index in [2.05, 4.69) is 16.9 Å². The standard InChI is InChI=1S/C16H23FN2OS/c1-21-16(8-3-2-4-9-16)12-18-11-15(20)19-14-7-5-6-13(17)10-14/h5-7,10,18H,2-4,8-9,11-12H2,1H3,(H,19,20). The molecule has 0 spiro atoms. The zero-order valence-electron chi connectivity index (χ0n) is 12.5. The molecule has 116 valence electrons. The lowest BCUT2D eigenvalue weighted by Crippen LogP contribution is -2.42. The Bertz CT molecular complexity index is 475. The molecule has 0 bridgehead atoms. The van der Waals surface area contributed by atoms with Crippen LogP contribution in [0.5, 0.6) is 0 Å². The summed E-state index contributed by atoms with van der Waals surface area (Å²) in [7, 11) is 0. The Hall–Kier alpha value is -1.07. The van der Waals surface area contributed by atoms with E-state index < -0.39 is 0 Å². The third kappa shape index (κ3) is 5.00. The smallest absolute Gasteiger partial charge is 0.238 e. The van der Waals surface area contributed by atoms with Gasteiger partial charge in [-0.05, 0) is 37.3 Å². The Kier molecular flexibility index (Phi) is 6.06. The SMILES string of the molecule is CSC1(CNCC(=O)Nc2cccc(F)c2)CCCCC1. The molecule has 1 aliphatic rings. The molecule has 1 aromatic carbocycles. The van der Waals surface area contributed by atoms with Crippen LogP contribution in [0.2, 0.25) is 0 Å². The number of thioether (sulfide) groups is 1. The van der Waals surface area contributed by atoms with Crippen LogP contribution in [0, 0.1) is 5.82 Å². The number of benzene rings is 1. The molecule has 21 heavy (non-hydrogen) atoms. The topological polar surface area (TPSA) is 41.1 Å². The summed E-state index contributed by atoms with van der Waals surface area (Å²) >= 11 is 1.91. The zero-order chi connectivity index (χ0) is 15.1. The number of amides is 1. The molecule has 0 saturated heterocycles. The molecular formula is C16H23FN2OS. The fraction of sp³-hybridized carbons (Fsp3) is 0.562. The Morgan fingerprint density at radius 2 is 2.10 bits per heavy atom. The van der Waals surface area contributed by atoms with Crippen LogP contribution in [-0.4, -0.2) is 30.0 Å². The summed E-state index contributed by atoms with van der Waals surface area (Å²) in [6.07, 6.45) is 8.46. The summed E-state index contributed by atoms with van der Waals surface area (Å²) < 4.78 is 13.3. The molecule has 2 rings (SSSR count). The number of carbonyl (C=O) groups excluding carboxylic acids is 1. The molecule has 5 heteroatoms. The Labute approximate surface area is 130 Å². The quantitative estimate of drug-likeness (QED) is 0.846. The first kappa shape index (κ1) is 16.3. The average Bonchev–Trinajstić information content (AvgIpc) is 2.48. The minimum atomic E-state index is -0.343. The third-order valence-corrected chi connectivity index (χ3v) is 5.46. The van der Waals surface area contributed by atoms with Crippen LogP contribution in [0.15, 0.2) is 24.3 Å². The lowest BCUT2D eigenvalue weighted by molar-refractivity contribution is -0.115. The largest absolute Gasteiger partial charge is 0.325 e. The van der Waals surface area contributed by atoms with Crippen molar-refractivity contribution in [1.82, 2.24) is 5.32 Å². The highest BCUT2D eigenvalue weighted by Crippen LogP contribution is 2.37. The molecule has 1 saturated carbocycles. The molecule has 3 nitrogen and oxygen atoms in total. The second-order valence-electron chi connectivity index (χ2n) is 5.61. The van der Waals surface area contributed by atoms with Crippen molar-refractivity contribution in [3.63, 3.8) is 0 Å². The third-order valence-electron chi connectivity index (χ3n) is 4.04. The molecule has 1 aromatic rings. The normalized spacial score (nSPS) is 17.4. The summed E-state index contributed by atoms with van der Waals surface area (Å²) in [6, 6.07) is 5.95. The molecule has 0 radical (unpaired) electrons. The number of carbonyl (C=O) groups is 1. The van der Waals surface area contributed by atoms with Crippen LogP contribution in [-0.2, 0) is 4.79 Å². The number of rotatable bonds is 6. The van der Waals surface area contributed by atoms with Crippen LogP contribution in [0.1, 0.15) is 32.1 Å². The van der Waals surface area contributed by atoms with Gasteiger partial charge >= 0.3 is 0 Å². The highest BCUT2D eigenvalue weighted by Gasteiger charge is 2.30. The fourth-order valence-corrected chi connectivity index (χ4v) is 3.77. The van der Waals surface area contributed by atoms with Crippen molar-refractivity contribution in [2.75, 3.05) is 24.7 Å². The number of hydrogen-bond acceptors (Lipinski definition) is 3. The van der Waals surface area contributed by atoms with Gasteiger partial charge in [0.15, 0.2) is 0 Å². The first-order valence-electron chi connectivity index (χ1n) is 7.45. The summed E-state index contributed by atoms with van der Waals surface area (Å²) in [4.78, 5) is 11.9. The predicted octanol–water partition coefficient (Wildman–Crippen LogP) is 3.42. The van der Waals surface area contributed by atoms with Gasteiger partial charge in [0.2, 0.25) is 5.91 Å². The van der Waals surface area contributed by atoms with Gasteiger partial charge in [-0.2, -0.15) is 11.8 Å². The van der Waals surface area contributed by atoms with Crippen molar-refractivity contribution in [1.29, 1.82) is 0 Å². The Morgan fingerprint density at radius 3 is 2.76 bits per heavy atom. The molecule has 1 fully saturated rings. The van der Waals surface area contributed by atoms with Crippen LogP contribution < -0.4 is 10.6 Å². The minimum absolute atomic E-state index is 0.132. The van der Waals surface area contributed by atoms with Gasteiger partial charge in [-0.3, -0.25) is 4.79 Å². The summed E-state index contributed by atoms with van der Waals surface area (Å²) in [6.45, 7) is 1.11. The molecule has 1 amide bonds. The summed E-state index contributed by atoms with van der Waals surface area (Å²) in [5, 5.41) is 5.96. The van der Waals surface area contributed by atoms with Gasteiger partial charge in [0, 0.05) is 17.0 Å². The van der Waals surface area contributed by atoms with Gasteiger partial charge in [0.05, 0.1) is 6.54 Å². The number of nitrogens with one attached hydrogen (secondary N) is 2. The van der Waals surface area contributed by atoms with Crippen molar-refractivity contribution in [2.45, 2.75) is 36.9 Å². The zero-order valence-corrected chi connectivity index (χ0v) is 13.3. The van der Waals surface area contributed by atoms with Gasteiger partial charge < -0.3 is 10.6 Å². The lowest BCUT2D eigenvalue weighted by Gasteiger charge is -2.36. The van der Waals surface area contributed by atoms with Crippen LogP contribution in [0.25, 0.3) is 0 Å². The predicted molar refractivity (Wildman–Crippen MR) is 87.2 cm³/mol. The van der Waals surface area contributed by atoms with Crippen molar-refractivity contribution in [2.24, 2.45) is 0 Å². The number of anilines is 1. The maximum absolute atomic E-state index is 13.0. The van der Waals surface area contributed by atoms with Crippen molar-refractivity contribution < 1.29 is 9.18 Å². The molecular weight excluding hydrogens is 287 g/mol. The molecule has 1 aliphatic carbocycles. The van der Waals surface area contributed by atoms with Gasteiger partial charge in [0.25, 0.3) is 0 Å². The van der Waals surface area contributed by atoms with Crippen molar-refractivity contribution in [3.05, 3.63) is 30.1 Å². The highest BCUT2D eigenvalue weighted by molar-refractivity contribution is 8.00. The molecule has 0 atom stereocenters. The second kappa shape index (κ2) is 7.80. The van der Waals surface area contributed by atoms with Crippen LogP contribution in [0.4, 0.5) is 10.1 Å². The first-order chi connectivity index (χ1) is 10.1. The monoisotopic (exact) mass is 310 g/mol. The van der Waals surface area contributed by atoms with E-state index in [1.807, 2.05) is 11.8 Å². The van der Waals surface area contributed by atoms with E-state index in [1.54, 1.807) is 12.1 Å². The minimum Gasteiger partial charge on any atom is -0.325 e. The molecule has 0 aliphatic heterocycles. The number of halogens is 1. The van der Waals surface area contributed by atoms with Crippen LogP contribution in [0.3, 0.4) is 0 Å². The van der Waals surface area contributed by atoms with Crippen LogP contribution >= 0.6 is 11.8 Å². The van der Waals surface area contributed by atoms with Gasteiger partial charge in [-0.1, -0.05) is 25.3 Å². The van der Waals surface area contributed by atoms with E-state index in [-0.39, 0.29) is 23.0 Å². The van der Waals surface area contributed by atoms with E-state index in [0.717, 1.165) is 6.54 Å². The molecule has 0 aromatic heterocycles. The maximum Gasteiger partial charge on any atom is 0.238 e. The van der Waals surface area contributed by atoms with Gasteiger partial charge in [0.1, 0.15) is 5.82 Å². The molecule has 2 N–H and O–H groups in total.